The van der Waals surface area contributed by atoms with Crippen molar-refractivity contribution >= 4 is 5.97 Å². The molecule has 0 saturated carbocycles. The number of aliphatic hydroxyl groups is 1. The lowest BCUT2D eigenvalue weighted by atomic mass is 10.1. The van der Waals surface area contributed by atoms with E-state index in [2.05, 4.69) is 0 Å². The molecule has 5 nitrogen and oxygen atoms in total. The Hall–Kier alpha value is -2.01. The average molecular weight is 252 g/mol. The molecule has 0 bridgehead atoms. The lowest BCUT2D eigenvalue weighted by Gasteiger charge is -2.18. The fraction of sp³-hybridized carbons (Fsp3) is 0.308. The van der Waals surface area contributed by atoms with Gasteiger partial charge in [0.1, 0.15) is 0 Å². The molecule has 0 amide bonds. The SMILES string of the molecule is COc1ccccc1OC(O)C(C)C=CC(=O)O. The Balaban J connectivity index is 2.69. The Kier molecular flexibility index (Phi) is 5.20. The maximum atomic E-state index is 10.4. The minimum atomic E-state index is -1.14. The highest BCUT2D eigenvalue weighted by Gasteiger charge is 2.15. The van der Waals surface area contributed by atoms with Crippen LogP contribution in [0.5, 0.6) is 11.5 Å². The third-order valence-electron chi connectivity index (χ3n) is 2.31. The number of para-hydroxylation sites is 2. The summed E-state index contributed by atoms with van der Waals surface area (Å²) in [6.45, 7) is 1.65. The van der Waals surface area contributed by atoms with E-state index in [1.54, 1.807) is 31.2 Å². The molecular formula is C13H16O5. The van der Waals surface area contributed by atoms with Gasteiger partial charge < -0.3 is 19.7 Å². The molecule has 0 spiro atoms. The summed E-state index contributed by atoms with van der Waals surface area (Å²) >= 11 is 0. The van der Waals surface area contributed by atoms with Crippen LogP contribution in [0, 0.1) is 5.92 Å². The van der Waals surface area contributed by atoms with Gasteiger partial charge in [-0.2, -0.15) is 0 Å². The quantitative estimate of drug-likeness (QED) is 0.595. The highest BCUT2D eigenvalue weighted by atomic mass is 16.6. The molecular weight excluding hydrogens is 236 g/mol. The molecule has 0 radical (unpaired) electrons. The Morgan fingerprint density at radius 2 is 1.94 bits per heavy atom. The Labute approximate surface area is 105 Å². The second-order valence-electron chi connectivity index (χ2n) is 3.72. The molecule has 2 N–H and O–H groups in total. The highest BCUT2D eigenvalue weighted by molar-refractivity contribution is 5.79. The van der Waals surface area contributed by atoms with Gasteiger partial charge in [-0.05, 0) is 12.1 Å². The van der Waals surface area contributed by atoms with Crippen LogP contribution in [0.3, 0.4) is 0 Å². The summed E-state index contributed by atoms with van der Waals surface area (Å²) in [6, 6.07) is 6.91. The molecule has 0 aromatic heterocycles. The summed E-state index contributed by atoms with van der Waals surface area (Å²) in [4.78, 5) is 10.4. The monoisotopic (exact) mass is 252 g/mol. The van der Waals surface area contributed by atoms with Crippen LogP contribution in [0.4, 0.5) is 0 Å². The molecule has 0 saturated heterocycles. The Morgan fingerprint density at radius 1 is 1.33 bits per heavy atom. The third kappa shape index (κ3) is 4.10. The van der Waals surface area contributed by atoms with Crippen molar-refractivity contribution < 1.29 is 24.5 Å². The molecule has 0 aliphatic heterocycles. The van der Waals surface area contributed by atoms with Gasteiger partial charge in [0.05, 0.1) is 7.11 Å². The summed E-state index contributed by atoms with van der Waals surface area (Å²) in [5.41, 5.74) is 0. The number of benzene rings is 1. The zero-order valence-corrected chi connectivity index (χ0v) is 10.2. The topological polar surface area (TPSA) is 76.0 Å². The van der Waals surface area contributed by atoms with E-state index < -0.39 is 18.2 Å². The number of aliphatic hydroxyl groups excluding tert-OH is 1. The zero-order chi connectivity index (χ0) is 13.5. The normalized spacial score (nSPS) is 14.2. The van der Waals surface area contributed by atoms with Crippen molar-refractivity contribution in [2.24, 2.45) is 5.92 Å². The molecule has 2 unspecified atom stereocenters. The lowest BCUT2D eigenvalue weighted by molar-refractivity contribution is -0.131. The van der Waals surface area contributed by atoms with E-state index in [0.29, 0.717) is 11.5 Å². The molecule has 1 aromatic rings. The Morgan fingerprint density at radius 3 is 2.50 bits per heavy atom. The van der Waals surface area contributed by atoms with Crippen molar-refractivity contribution in [2.75, 3.05) is 7.11 Å². The summed E-state index contributed by atoms with van der Waals surface area (Å²) in [5.74, 6) is -0.605. The fourth-order valence-corrected chi connectivity index (χ4v) is 1.28. The number of carboxylic acid groups (broad SMARTS) is 1. The van der Waals surface area contributed by atoms with E-state index in [-0.39, 0.29) is 0 Å². The standard InChI is InChI=1S/C13H16O5/c1-9(7-8-12(14)15)13(16)18-11-6-4-3-5-10(11)17-2/h3-9,13,16H,1-2H3,(H,14,15). The van der Waals surface area contributed by atoms with Crippen molar-refractivity contribution in [3.8, 4) is 11.5 Å². The molecule has 1 rings (SSSR count). The van der Waals surface area contributed by atoms with Crippen molar-refractivity contribution in [2.45, 2.75) is 13.2 Å². The zero-order valence-electron chi connectivity index (χ0n) is 10.2. The number of rotatable bonds is 6. The average Bonchev–Trinajstić information content (AvgIpc) is 2.36. The number of methoxy groups -OCH3 is 1. The van der Waals surface area contributed by atoms with Gasteiger partial charge in [-0.1, -0.05) is 25.1 Å². The van der Waals surface area contributed by atoms with E-state index in [9.17, 15) is 9.90 Å². The van der Waals surface area contributed by atoms with Crippen LogP contribution >= 0.6 is 0 Å². The first kappa shape index (κ1) is 14.1. The number of hydrogen-bond acceptors (Lipinski definition) is 4. The molecule has 0 heterocycles. The van der Waals surface area contributed by atoms with Gasteiger partial charge in [0, 0.05) is 12.0 Å². The number of carboxylic acids is 1. The van der Waals surface area contributed by atoms with E-state index >= 15 is 0 Å². The maximum Gasteiger partial charge on any atom is 0.327 e. The largest absolute Gasteiger partial charge is 0.493 e. The summed E-state index contributed by atoms with van der Waals surface area (Å²) in [6.07, 6.45) is 1.19. The Bertz CT molecular complexity index is 427. The van der Waals surface area contributed by atoms with Gasteiger partial charge in [-0.3, -0.25) is 0 Å². The summed E-state index contributed by atoms with van der Waals surface area (Å²) < 4.78 is 10.4. The van der Waals surface area contributed by atoms with Crippen LogP contribution in [0.25, 0.3) is 0 Å². The van der Waals surface area contributed by atoms with E-state index in [1.165, 1.54) is 13.2 Å². The second-order valence-corrected chi connectivity index (χ2v) is 3.72. The van der Waals surface area contributed by atoms with Crippen molar-refractivity contribution in [3.63, 3.8) is 0 Å². The molecule has 0 fully saturated rings. The van der Waals surface area contributed by atoms with Crippen LogP contribution < -0.4 is 9.47 Å². The highest BCUT2D eigenvalue weighted by Crippen LogP contribution is 2.27. The summed E-state index contributed by atoms with van der Waals surface area (Å²) in [7, 11) is 1.50. The number of aliphatic carboxylic acids is 1. The van der Waals surface area contributed by atoms with Gasteiger partial charge in [-0.15, -0.1) is 0 Å². The number of ether oxygens (including phenoxy) is 2. The van der Waals surface area contributed by atoms with E-state index in [1.807, 2.05) is 0 Å². The van der Waals surface area contributed by atoms with Crippen LogP contribution in [0.2, 0.25) is 0 Å². The van der Waals surface area contributed by atoms with Crippen LogP contribution in [0.1, 0.15) is 6.92 Å². The van der Waals surface area contributed by atoms with Gasteiger partial charge in [0.15, 0.2) is 11.5 Å². The van der Waals surface area contributed by atoms with E-state index in [0.717, 1.165) is 6.08 Å². The van der Waals surface area contributed by atoms with E-state index in [4.69, 9.17) is 14.6 Å². The third-order valence-corrected chi connectivity index (χ3v) is 2.31. The van der Waals surface area contributed by atoms with Gasteiger partial charge in [0.2, 0.25) is 6.29 Å². The molecule has 5 heteroatoms. The smallest absolute Gasteiger partial charge is 0.327 e. The number of hydrogen-bond donors (Lipinski definition) is 2. The fourth-order valence-electron chi connectivity index (χ4n) is 1.28. The lowest BCUT2D eigenvalue weighted by Crippen LogP contribution is -2.23. The number of carbonyl (C=O) groups is 1. The minimum absolute atomic E-state index is 0.406. The molecule has 0 aliphatic rings. The first-order chi connectivity index (χ1) is 8.54. The molecule has 98 valence electrons. The second kappa shape index (κ2) is 6.66. The minimum Gasteiger partial charge on any atom is -0.493 e. The predicted molar refractivity (Wildman–Crippen MR) is 65.6 cm³/mol. The first-order valence-electron chi connectivity index (χ1n) is 5.43. The van der Waals surface area contributed by atoms with Gasteiger partial charge >= 0.3 is 5.97 Å². The molecule has 1 aromatic carbocycles. The predicted octanol–water partition coefficient (Wildman–Crippen LogP) is 1.67. The van der Waals surface area contributed by atoms with Crippen molar-refractivity contribution in [1.82, 2.24) is 0 Å². The molecule has 0 aliphatic carbocycles. The maximum absolute atomic E-state index is 10.4. The summed E-state index contributed by atoms with van der Waals surface area (Å²) in [5, 5.41) is 18.3. The van der Waals surface area contributed by atoms with Crippen molar-refractivity contribution in [1.29, 1.82) is 0 Å². The first-order valence-corrected chi connectivity index (χ1v) is 5.43. The van der Waals surface area contributed by atoms with Gasteiger partial charge in [0.25, 0.3) is 0 Å². The van der Waals surface area contributed by atoms with Gasteiger partial charge in [-0.25, -0.2) is 4.79 Å². The van der Waals surface area contributed by atoms with Crippen LogP contribution in [0.15, 0.2) is 36.4 Å². The van der Waals surface area contributed by atoms with Crippen LogP contribution in [-0.2, 0) is 4.79 Å². The van der Waals surface area contributed by atoms with Crippen LogP contribution in [-0.4, -0.2) is 29.6 Å². The molecule has 18 heavy (non-hydrogen) atoms. The van der Waals surface area contributed by atoms with Crippen molar-refractivity contribution in [3.05, 3.63) is 36.4 Å². The molecule has 2 atom stereocenters.